The van der Waals surface area contributed by atoms with Gasteiger partial charge in [0.15, 0.2) is 6.61 Å². The zero-order valence-electron chi connectivity index (χ0n) is 13.1. The summed E-state index contributed by atoms with van der Waals surface area (Å²) < 4.78 is 40.8. The van der Waals surface area contributed by atoms with E-state index in [0.29, 0.717) is 18.7 Å². The molecule has 0 spiro atoms. The number of amides is 2. The van der Waals surface area contributed by atoms with Gasteiger partial charge in [-0.3, -0.25) is 9.59 Å². The quantitative estimate of drug-likeness (QED) is 0.893. The minimum atomic E-state index is -4.40. The van der Waals surface area contributed by atoms with Crippen LogP contribution in [-0.2, 0) is 9.59 Å². The lowest BCUT2D eigenvalue weighted by Gasteiger charge is -2.19. The van der Waals surface area contributed by atoms with Crippen LogP contribution in [0.15, 0.2) is 24.3 Å². The predicted octanol–water partition coefficient (Wildman–Crippen LogP) is 2.97. The summed E-state index contributed by atoms with van der Waals surface area (Å²) in [6, 6.07) is 5.60. The summed E-state index contributed by atoms with van der Waals surface area (Å²) in [6.07, 6.45) is -1.24. The molecule has 5 nitrogen and oxygen atoms in total. The van der Waals surface area contributed by atoms with Gasteiger partial charge in [0.1, 0.15) is 5.75 Å². The zero-order valence-corrected chi connectivity index (χ0v) is 13.1. The fraction of sp³-hybridized carbons (Fsp3) is 0.500. The number of rotatable bonds is 5. The smallest absolute Gasteiger partial charge is 0.422 e. The van der Waals surface area contributed by atoms with Gasteiger partial charge in [0.2, 0.25) is 11.8 Å². The van der Waals surface area contributed by atoms with Crippen molar-refractivity contribution in [2.24, 2.45) is 0 Å². The van der Waals surface area contributed by atoms with Crippen LogP contribution in [0.2, 0.25) is 0 Å². The van der Waals surface area contributed by atoms with E-state index in [1.54, 1.807) is 0 Å². The zero-order chi connectivity index (χ0) is 17.6. The molecule has 1 aliphatic heterocycles. The molecule has 1 aromatic carbocycles. The largest absolute Gasteiger partial charge is 0.484 e. The number of alkyl halides is 3. The fourth-order valence-electron chi connectivity index (χ4n) is 2.38. The Balaban J connectivity index is 1.84. The highest BCUT2D eigenvalue weighted by atomic mass is 19.4. The first-order valence-electron chi connectivity index (χ1n) is 7.71. The number of likely N-dealkylation sites (tertiary alicyclic amines) is 1. The van der Waals surface area contributed by atoms with Crippen molar-refractivity contribution in [3.63, 3.8) is 0 Å². The lowest BCUT2D eigenvalue weighted by atomic mass is 10.2. The Morgan fingerprint density at radius 3 is 2.54 bits per heavy atom. The summed E-state index contributed by atoms with van der Waals surface area (Å²) in [5.74, 6) is -0.305. The van der Waals surface area contributed by atoms with Gasteiger partial charge in [-0.05, 0) is 37.1 Å². The molecule has 0 saturated carbocycles. The maximum absolute atomic E-state index is 12.1. The van der Waals surface area contributed by atoms with Crippen LogP contribution in [0.1, 0.15) is 25.7 Å². The first-order chi connectivity index (χ1) is 11.3. The van der Waals surface area contributed by atoms with Crippen LogP contribution >= 0.6 is 0 Å². The van der Waals surface area contributed by atoms with Crippen LogP contribution < -0.4 is 10.1 Å². The van der Waals surface area contributed by atoms with Gasteiger partial charge >= 0.3 is 6.18 Å². The molecule has 132 valence electrons. The van der Waals surface area contributed by atoms with E-state index in [1.165, 1.54) is 29.2 Å². The highest BCUT2D eigenvalue weighted by molar-refractivity contribution is 5.94. The summed E-state index contributed by atoms with van der Waals surface area (Å²) in [6.45, 7) is -0.822. The molecule has 8 heteroatoms. The lowest BCUT2D eigenvalue weighted by Crippen LogP contribution is -2.37. The van der Waals surface area contributed by atoms with Crippen LogP contribution in [0.4, 0.5) is 18.9 Å². The molecule has 0 unspecified atom stereocenters. The van der Waals surface area contributed by atoms with Crippen LogP contribution in [0.3, 0.4) is 0 Å². The summed E-state index contributed by atoms with van der Waals surface area (Å²) in [5, 5.41) is 2.62. The minimum Gasteiger partial charge on any atom is -0.484 e. The molecule has 0 aromatic heterocycles. The Labute approximate surface area is 137 Å². The van der Waals surface area contributed by atoms with E-state index in [9.17, 15) is 22.8 Å². The van der Waals surface area contributed by atoms with Crippen molar-refractivity contribution in [1.82, 2.24) is 4.90 Å². The molecule has 1 N–H and O–H groups in total. The number of anilines is 1. The number of halogens is 3. The third kappa shape index (κ3) is 6.10. The third-order valence-corrected chi connectivity index (χ3v) is 3.55. The molecule has 2 amide bonds. The summed E-state index contributed by atoms with van der Waals surface area (Å²) in [5.41, 5.74) is 0.432. The van der Waals surface area contributed by atoms with Crippen molar-refractivity contribution >= 4 is 17.5 Å². The van der Waals surface area contributed by atoms with Crippen molar-refractivity contribution in [2.75, 3.05) is 25.0 Å². The molecule has 1 fully saturated rings. The van der Waals surface area contributed by atoms with Crippen molar-refractivity contribution in [1.29, 1.82) is 0 Å². The second kappa shape index (κ2) is 8.03. The van der Waals surface area contributed by atoms with Gasteiger partial charge in [0.25, 0.3) is 0 Å². The second-order valence-electron chi connectivity index (χ2n) is 5.60. The van der Waals surface area contributed by atoms with Crippen molar-refractivity contribution < 1.29 is 27.5 Å². The van der Waals surface area contributed by atoms with Gasteiger partial charge in [-0.15, -0.1) is 0 Å². The summed E-state index contributed by atoms with van der Waals surface area (Å²) in [7, 11) is 0. The summed E-state index contributed by atoms with van der Waals surface area (Å²) in [4.78, 5) is 25.4. The van der Waals surface area contributed by atoms with Crippen LogP contribution in [-0.4, -0.2) is 42.6 Å². The Hall–Kier alpha value is -2.25. The first-order valence-corrected chi connectivity index (χ1v) is 7.71. The highest BCUT2D eigenvalue weighted by Gasteiger charge is 2.28. The molecule has 24 heavy (non-hydrogen) atoms. The predicted molar refractivity (Wildman–Crippen MR) is 81.7 cm³/mol. The normalized spacial score (nSPS) is 15.8. The van der Waals surface area contributed by atoms with Gasteiger partial charge in [0.05, 0.1) is 6.54 Å². The van der Waals surface area contributed by atoms with Crippen molar-refractivity contribution in [3.05, 3.63) is 24.3 Å². The van der Waals surface area contributed by atoms with E-state index < -0.39 is 12.8 Å². The molecule has 0 radical (unpaired) electrons. The highest BCUT2D eigenvalue weighted by Crippen LogP contribution is 2.20. The Morgan fingerprint density at radius 2 is 1.88 bits per heavy atom. The van der Waals surface area contributed by atoms with E-state index in [1.807, 2.05) is 0 Å². The SMILES string of the molecule is O=C(CN1CCCCCC1=O)Nc1ccc(OCC(F)(F)F)cc1. The Bertz CT molecular complexity index is 573. The van der Waals surface area contributed by atoms with Gasteiger partial charge in [-0.2, -0.15) is 13.2 Å². The van der Waals surface area contributed by atoms with Gasteiger partial charge in [-0.1, -0.05) is 6.42 Å². The average Bonchev–Trinajstić information content (AvgIpc) is 2.71. The number of hydrogen-bond donors (Lipinski definition) is 1. The molecular weight excluding hydrogens is 325 g/mol. The Kier molecular flexibility index (Phi) is 6.05. The van der Waals surface area contributed by atoms with E-state index in [4.69, 9.17) is 0 Å². The van der Waals surface area contributed by atoms with Crippen molar-refractivity contribution in [2.45, 2.75) is 31.9 Å². The minimum absolute atomic E-state index is 0.0227. The Morgan fingerprint density at radius 1 is 1.17 bits per heavy atom. The maximum atomic E-state index is 12.1. The number of benzene rings is 1. The van der Waals surface area contributed by atoms with Crippen molar-refractivity contribution in [3.8, 4) is 5.75 Å². The molecular formula is C16H19F3N2O3. The van der Waals surface area contributed by atoms with E-state index in [-0.39, 0.29) is 24.1 Å². The third-order valence-electron chi connectivity index (χ3n) is 3.55. The number of nitrogens with one attached hydrogen (secondary N) is 1. The number of ether oxygens (including phenoxy) is 1. The van der Waals surface area contributed by atoms with E-state index in [0.717, 1.165) is 19.3 Å². The average molecular weight is 344 g/mol. The number of carbonyl (C=O) groups excluding carboxylic acids is 2. The number of hydrogen-bond acceptors (Lipinski definition) is 3. The first kappa shape index (κ1) is 18.1. The monoisotopic (exact) mass is 344 g/mol. The molecule has 1 aliphatic rings. The topological polar surface area (TPSA) is 58.6 Å². The van der Waals surface area contributed by atoms with Crippen LogP contribution in [0, 0.1) is 0 Å². The molecule has 2 rings (SSSR count). The molecule has 0 bridgehead atoms. The molecule has 0 aliphatic carbocycles. The molecule has 0 atom stereocenters. The fourth-order valence-corrected chi connectivity index (χ4v) is 2.38. The number of nitrogens with zero attached hydrogens (tertiary/aromatic N) is 1. The van der Waals surface area contributed by atoms with E-state index in [2.05, 4.69) is 10.1 Å². The molecule has 1 saturated heterocycles. The number of carbonyl (C=O) groups is 2. The standard InChI is InChI=1S/C16H19F3N2O3/c17-16(18,19)11-24-13-7-5-12(6-8-13)20-14(22)10-21-9-3-1-2-4-15(21)23/h5-8H,1-4,9-11H2,(H,20,22). The lowest BCUT2D eigenvalue weighted by molar-refractivity contribution is -0.153. The summed E-state index contributed by atoms with van der Waals surface area (Å²) >= 11 is 0. The van der Waals surface area contributed by atoms with E-state index >= 15 is 0 Å². The van der Waals surface area contributed by atoms with Gasteiger partial charge in [-0.25, -0.2) is 0 Å². The molecule has 1 aromatic rings. The maximum Gasteiger partial charge on any atom is 0.422 e. The van der Waals surface area contributed by atoms with Crippen LogP contribution in [0.5, 0.6) is 5.75 Å². The van der Waals surface area contributed by atoms with Gasteiger partial charge < -0.3 is 15.0 Å². The second-order valence-corrected chi connectivity index (χ2v) is 5.60. The van der Waals surface area contributed by atoms with Gasteiger partial charge in [0, 0.05) is 18.7 Å². The van der Waals surface area contributed by atoms with Crippen LogP contribution in [0.25, 0.3) is 0 Å². The molecule has 1 heterocycles.